The minimum absolute atomic E-state index is 0.105. The van der Waals surface area contributed by atoms with E-state index in [2.05, 4.69) is 118 Å². The van der Waals surface area contributed by atoms with Crippen LogP contribution in [0.25, 0.3) is 0 Å². The van der Waals surface area contributed by atoms with E-state index in [4.69, 9.17) is 14.2 Å². The molecule has 0 aromatic rings. The van der Waals surface area contributed by atoms with E-state index < -0.39 is 6.10 Å². The van der Waals surface area contributed by atoms with Crippen LogP contribution in [0.1, 0.15) is 226 Å². The van der Waals surface area contributed by atoms with Crippen LogP contribution < -0.4 is 0 Å². The molecule has 0 aliphatic carbocycles. The monoisotopic (exact) mass is 927 g/mol. The molecule has 6 heteroatoms. The van der Waals surface area contributed by atoms with Crippen LogP contribution in [0.4, 0.5) is 0 Å². The predicted octanol–water partition coefficient (Wildman–Crippen LogP) is 18.1. The largest absolute Gasteiger partial charge is 0.462 e. The maximum atomic E-state index is 12.8. The lowest BCUT2D eigenvalue weighted by Crippen LogP contribution is -2.30. The van der Waals surface area contributed by atoms with Crippen molar-refractivity contribution in [3.8, 4) is 0 Å². The lowest BCUT2D eigenvalue weighted by molar-refractivity contribution is -0.167. The highest BCUT2D eigenvalue weighted by Crippen LogP contribution is 2.13. The molecule has 1 unspecified atom stereocenters. The smallest absolute Gasteiger partial charge is 0.306 e. The Morgan fingerprint density at radius 1 is 0.328 bits per heavy atom. The Bertz CT molecular complexity index is 1440. The second-order valence-corrected chi connectivity index (χ2v) is 17.5. The van der Waals surface area contributed by atoms with E-state index in [0.29, 0.717) is 12.8 Å². The van der Waals surface area contributed by atoms with Gasteiger partial charge in [-0.05, 0) is 103 Å². The lowest BCUT2D eigenvalue weighted by Gasteiger charge is -2.18. The van der Waals surface area contributed by atoms with Gasteiger partial charge in [0.2, 0.25) is 0 Å². The Labute approximate surface area is 412 Å². The first-order valence-corrected chi connectivity index (χ1v) is 27.1. The number of rotatable bonds is 47. The first-order valence-electron chi connectivity index (χ1n) is 27.1. The lowest BCUT2D eigenvalue weighted by atomic mass is 10.1. The van der Waals surface area contributed by atoms with Gasteiger partial charge >= 0.3 is 17.9 Å². The Kier molecular flexibility index (Phi) is 51.0. The Balaban J connectivity index is 4.53. The van der Waals surface area contributed by atoms with E-state index in [1.54, 1.807) is 0 Å². The van der Waals surface area contributed by atoms with Crippen molar-refractivity contribution < 1.29 is 28.6 Å². The van der Waals surface area contributed by atoms with Crippen LogP contribution in [0, 0.1) is 0 Å². The van der Waals surface area contributed by atoms with Crippen LogP contribution in [-0.2, 0) is 28.6 Å². The number of esters is 3. The average molecular weight is 927 g/mol. The highest BCUT2D eigenvalue weighted by Gasteiger charge is 2.19. The normalized spacial score (nSPS) is 13.1. The van der Waals surface area contributed by atoms with Crippen molar-refractivity contribution in [2.24, 2.45) is 0 Å². The van der Waals surface area contributed by atoms with Gasteiger partial charge < -0.3 is 14.2 Å². The van der Waals surface area contributed by atoms with Crippen molar-refractivity contribution in [3.05, 3.63) is 122 Å². The molecule has 0 fully saturated rings. The number of hydrogen-bond donors (Lipinski definition) is 0. The third kappa shape index (κ3) is 52.6. The molecule has 0 N–H and O–H groups in total. The molecular weight excluding hydrogens is 829 g/mol. The third-order valence-electron chi connectivity index (χ3n) is 11.0. The van der Waals surface area contributed by atoms with Gasteiger partial charge in [0.15, 0.2) is 6.10 Å². The van der Waals surface area contributed by atoms with E-state index in [1.165, 1.54) is 70.6 Å². The van der Waals surface area contributed by atoms with Gasteiger partial charge in [0.1, 0.15) is 13.2 Å². The molecule has 0 rings (SSSR count). The van der Waals surface area contributed by atoms with Crippen LogP contribution in [-0.4, -0.2) is 37.2 Å². The van der Waals surface area contributed by atoms with E-state index in [-0.39, 0.29) is 37.5 Å². The number of unbranched alkanes of at least 4 members (excludes halogenated alkanes) is 20. The quantitative estimate of drug-likeness (QED) is 0.0199. The molecule has 0 saturated heterocycles. The van der Waals surface area contributed by atoms with Gasteiger partial charge in [0.05, 0.1) is 0 Å². The number of carbonyl (C=O) groups is 3. The summed E-state index contributed by atoms with van der Waals surface area (Å²) in [6.45, 7) is 6.36. The van der Waals surface area contributed by atoms with Crippen LogP contribution in [0.3, 0.4) is 0 Å². The Morgan fingerprint density at radius 3 is 1.13 bits per heavy atom. The summed E-state index contributed by atoms with van der Waals surface area (Å²) in [6.07, 6.45) is 74.6. The summed E-state index contributed by atoms with van der Waals surface area (Å²) in [5.41, 5.74) is 0. The van der Waals surface area contributed by atoms with E-state index in [0.717, 1.165) is 116 Å². The van der Waals surface area contributed by atoms with Gasteiger partial charge in [-0.15, -0.1) is 0 Å². The fourth-order valence-electron chi connectivity index (χ4n) is 6.99. The summed E-state index contributed by atoms with van der Waals surface area (Å²) in [7, 11) is 0. The molecule has 0 aliphatic rings. The maximum Gasteiger partial charge on any atom is 0.306 e. The van der Waals surface area contributed by atoms with E-state index >= 15 is 0 Å². The van der Waals surface area contributed by atoms with Crippen molar-refractivity contribution in [2.75, 3.05) is 13.2 Å². The molecular formula is C61H98O6. The molecule has 0 bridgehead atoms. The molecule has 0 heterocycles. The fourth-order valence-corrected chi connectivity index (χ4v) is 6.99. The average Bonchev–Trinajstić information content (AvgIpc) is 3.33. The van der Waals surface area contributed by atoms with Crippen molar-refractivity contribution >= 4 is 17.9 Å². The Hall–Kier alpha value is -4.19. The summed E-state index contributed by atoms with van der Waals surface area (Å²) in [6, 6.07) is 0. The molecule has 6 nitrogen and oxygen atoms in total. The summed E-state index contributed by atoms with van der Waals surface area (Å²) >= 11 is 0. The van der Waals surface area contributed by atoms with Gasteiger partial charge in [-0.2, -0.15) is 0 Å². The zero-order chi connectivity index (χ0) is 48.6. The fraction of sp³-hybridized carbons (Fsp3) is 0.623. The van der Waals surface area contributed by atoms with Crippen LogP contribution in [0.2, 0.25) is 0 Å². The van der Waals surface area contributed by atoms with Gasteiger partial charge in [0.25, 0.3) is 0 Å². The maximum absolute atomic E-state index is 12.8. The van der Waals surface area contributed by atoms with E-state index in [1.807, 2.05) is 24.3 Å². The Morgan fingerprint density at radius 2 is 0.672 bits per heavy atom. The minimum atomic E-state index is -0.811. The molecule has 0 spiro atoms. The van der Waals surface area contributed by atoms with E-state index in [9.17, 15) is 14.4 Å². The molecule has 0 amide bonds. The van der Waals surface area contributed by atoms with Crippen LogP contribution >= 0.6 is 0 Å². The van der Waals surface area contributed by atoms with Crippen molar-refractivity contribution in [3.63, 3.8) is 0 Å². The van der Waals surface area contributed by atoms with Gasteiger partial charge in [-0.25, -0.2) is 0 Å². The number of ether oxygens (including phenoxy) is 3. The summed E-state index contributed by atoms with van der Waals surface area (Å²) in [4.78, 5) is 38.1. The number of hydrogen-bond acceptors (Lipinski definition) is 6. The zero-order valence-corrected chi connectivity index (χ0v) is 43.1. The molecule has 67 heavy (non-hydrogen) atoms. The summed E-state index contributed by atoms with van der Waals surface area (Å²) < 4.78 is 16.8. The molecule has 0 aromatic heterocycles. The number of carbonyl (C=O) groups excluding carboxylic acids is 3. The van der Waals surface area contributed by atoms with Gasteiger partial charge in [-0.3, -0.25) is 14.4 Å². The van der Waals surface area contributed by atoms with Crippen molar-refractivity contribution in [1.29, 1.82) is 0 Å². The van der Waals surface area contributed by atoms with Crippen molar-refractivity contribution in [2.45, 2.75) is 232 Å². The zero-order valence-electron chi connectivity index (χ0n) is 43.1. The molecule has 378 valence electrons. The minimum Gasteiger partial charge on any atom is -0.462 e. The van der Waals surface area contributed by atoms with Gasteiger partial charge in [0, 0.05) is 19.3 Å². The first-order chi connectivity index (χ1) is 33.0. The molecule has 0 aromatic carbocycles. The standard InChI is InChI=1S/C61H98O6/c1-4-7-10-13-16-19-22-25-28-30-31-34-36-39-42-45-48-51-54-60(63)66-57-58(56-65-59(62)53-50-47-44-41-38-35-32-27-24-21-18-15-12-9-6-3)67-61(64)55-52-49-46-43-40-37-33-29-26-23-20-17-14-11-8-5-2/h8,10-11,13,16-17,19-22,24-26,28-31,34,37,40,58H,4-7,9,12,14-15,18,23,27,32-33,35-36,38-39,41-57H2,1-3H3/b11-8-,13-10-,19-16-,20-17-,24-21-,25-22-,29-26-,30-28-,34-31-,40-37-. The molecule has 0 radical (unpaired) electrons. The highest BCUT2D eigenvalue weighted by atomic mass is 16.6. The van der Waals surface area contributed by atoms with Crippen LogP contribution in [0.5, 0.6) is 0 Å². The second-order valence-electron chi connectivity index (χ2n) is 17.5. The topological polar surface area (TPSA) is 78.9 Å². The number of allylic oxidation sites excluding steroid dienone is 20. The summed E-state index contributed by atoms with van der Waals surface area (Å²) in [5.74, 6) is -0.971. The van der Waals surface area contributed by atoms with Crippen LogP contribution in [0.15, 0.2) is 122 Å². The van der Waals surface area contributed by atoms with Gasteiger partial charge in [-0.1, -0.05) is 226 Å². The molecule has 0 saturated carbocycles. The highest BCUT2D eigenvalue weighted by molar-refractivity contribution is 5.71. The third-order valence-corrected chi connectivity index (χ3v) is 11.0. The van der Waals surface area contributed by atoms with Crippen molar-refractivity contribution in [1.82, 2.24) is 0 Å². The molecule has 1 atom stereocenters. The second kappa shape index (κ2) is 54.4. The first kappa shape index (κ1) is 62.8. The predicted molar refractivity (Wildman–Crippen MR) is 288 cm³/mol. The molecule has 0 aliphatic heterocycles. The SMILES string of the molecule is CC/C=C\C/C=C\C/C=C\C/C=C\CCCCCC(=O)OC(COC(=O)CCCCCCC\C=C/C=C\C=C/C=C\C=C/CCC)COC(=O)CCCCCCCCC/C=C\CCCCCC. The summed E-state index contributed by atoms with van der Waals surface area (Å²) in [5, 5.41) is 0.